The lowest BCUT2D eigenvalue weighted by atomic mass is 10.1. The lowest BCUT2D eigenvalue weighted by Crippen LogP contribution is -2.29. The molecule has 0 N–H and O–H groups in total. The first-order valence-corrected chi connectivity index (χ1v) is 8.15. The van der Waals surface area contributed by atoms with E-state index in [0.717, 1.165) is 25.4 Å². The van der Waals surface area contributed by atoms with Crippen molar-refractivity contribution in [3.05, 3.63) is 29.8 Å². The smallest absolute Gasteiger partial charge is 0.118 e. The van der Waals surface area contributed by atoms with Crippen LogP contribution in [0.1, 0.15) is 50.5 Å². The van der Waals surface area contributed by atoms with E-state index >= 15 is 0 Å². The maximum Gasteiger partial charge on any atom is 0.118 e. The highest BCUT2D eigenvalue weighted by Gasteiger charge is 2.13. The van der Waals surface area contributed by atoms with Gasteiger partial charge < -0.3 is 9.64 Å². The molecule has 0 amide bonds. The Bertz CT molecular complexity index is 345. The largest absolute Gasteiger partial charge is 0.497 e. The monoisotopic (exact) mass is 297 g/mol. The average Bonchev–Trinajstić information content (AvgIpc) is 2.49. The predicted octanol–water partition coefficient (Wildman–Crippen LogP) is 4.88. The maximum absolute atomic E-state index is 6.57. The molecule has 0 aromatic heterocycles. The molecule has 1 unspecified atom stereocenters. The van der Waals surface area contributed by atoms with E-state index in [1.807, 2.05) is 12.1 Å². The number of rotatable bonds is 10. The van der Waals surface area contributed by atoms with Crippen molar-refractivity contribution in [1.29, 1.82) is 0 Å². The molecule has 1 rings (SSSR count). The summed E-state index contributed by atoms with van der Waals surface area (Å²) in [6, 6.07) is 8.09. The zero-order valence-electron chi connectivity index (χ0n) is 13.1. The highest BCUT2D eigenvalue weighted by Crippen LogP contribution is 2.24. The number of methoxy groups -OCH3 is 1. The van der Waals surface area contributed by atoms with Crippen LogP contribution in [0.5, 0.6) is 5.75 Å². The molecule has 0 heterocycles. The van der Waals surface area contributed by atoms with Crippen molar-refractivity contribution >= 4 is 11.6 Å². The second kappa shape index (κ2) is 10.1. The van der Waals surface area contributed by atoms with Gasteiger partial charge in [0.15, 0.2) is 0 Å². The number of ether oxygens (including phenoxy) is 1. The lowest BCUT2D eigenvalue weighted by molar-refractivity contribution is 0.265. The minimum absolute atomic E-state index is 0.0506. The Kier molecular flexibility index (Phi) is 8.72. The van der Waals surface area contributed by atoms with Crippen LogP contribution in [-0.2, 0) is 0 Å². The van der Waals surface area contributed by atoms with Gasteiger partial charge in [0.05, 0.1) is 12.5 Å². The molecule has 0 aliphatic heterocycles. The molecule has 0 saturated carbocycles. The average molecular weight is 298 g/mol. The summed E-state index contributed by atoms with van der Waals surface area (Å²) in [5.74, 6) is 0.881. The molecular formula is C17H28ClNO. The molecule has 0 fully saturated rings. The van der Waals surface area contributed by atoms with Crippen LogP contribution >= 0.6 is 11.6 Å². The van der Waals surface area contributed by atoms with Gasteiger partial charge in [0, 0.05) is 6.54 Å². The van der Waals surface area contributed by atoms with Crippen LogP contribution in [0.15, 0.2) is 24.3 Å². The van der Waals surface area contributed by atoms with E-state index in [-0.39, 0.29) is 5.38 Å². The molecule has 0 spiro atoms. The molecule has 0 radical (unpaired) electrons. The summed E-state index contributed by atoms with van der Waals surface area (Å²) in [6.45, 7) is 7.69. The highest BCUT2D eigenvalue weighted by molar-refractivity contribution is 6.21. The Hall–Kier alpha value is -0.730. The van der Waals surface area contributed by atoms with Crippen LogP contribution in [0, 0.1) is 0 Å². The quantitative estimate of drug-likeness (QED) is 0.571. The van der Waals surface area contributed by atoms with Gasteiger partial charge >= 0.3 is 0 Å². The Balaban J connectivity index is 2.55. The molecule has 0 aliphatic carbocycles. The van der Waals surface area contributed by atoms with Crippen molar-refractivity contribution in [3.63, 3.8) is 0 Å². The number of halogens is 1. The van der Waals surface area contributed by atoms with Crippen LogP contribution < -0.4 is 4.74 Å². The van der Waals surface area contributed by atoms with E-state index < -0.39 is 0 Å². The summed E-state index contributed by atoms with van der Waals surface area (Å²) in [7, 11) is 1.68. The second-order valence-corrected chi connectivity index (χ2v) is 5.78. The van der Waals surface area contributed by atoms with Crippen molar-refractivity contribution in [1.82, 2.24) is 4.90 Å². The van der Waals surface area contributed by atoms with Gasteiger partial charge in [-0.15, -0.1) is 11.6 Å². The van der Waals surface area contributed by atoms with Gasteiger partial charge in [-0.2, -0.15) is 0 Å². The first kappa shape index (κ1) is 17.3. The number of alkyl halides is 1. The van der Waals surface area contributed by atoms with Gasteiger partial charge in [0.1, 0.15) is 5.75 Å². The van der Waals surface area contributed by atoms with Crippen molar-refractivity contribution in [3.8, 4) is 5.75 Å². The molecule has 1 aromatic rings. The van der Waals surface area contributed by atoms with Gasteiger partial charge in [-0.25, -0.2) is 0 Å². The van der Waals surface area contributed by atoms with Crippen LogP contribution in [0.3, 0.4) is 0 Å². The summed E-state index contributed by atoms with van der Waals surface area (Å²) < 4.78 is 5.18. The third-order valence-electron chi connectivity index (χ3n) is 3.55. The predicted molar refractivity (Wildman–Crippen MR) is 87.8 cm³/mol. The molecular weight excluding hydrogens is 270 g/mol. The van der Waals surface area contributed by atoms with Crippen LogP contribution in [0.2, 0.25) is 0 Å². The van der Waals surface area contributed by atoms with Crippen molar-refractivity contribution in [2.45, 2.75) is 44.9 Å². The third kappa shape index (κ3) is 6.15. The van der Waals surface area contributed by atoms with Gasteiger partial charge in [-0.05, 0) is 43.6 Å². The van der Waals surface area contributed by atoms with Gasteiger partial charge in [-0.1, -0.05) is 38.8 Å². The third-order valence-corrected chi connectivity index (χ3v) is 3.94. The van der Waals surface area contributed by atoms with Crippen LogP contribution in [-0.4, -0.2) is 31.6 Å². The summed E-state index contributed by atoms with van der Waals surface area (Å²) >= 11 is 6.57. The Labute approximate surface area is 129 Å². The fraction of sp³-hybridized carbons (Fsp3) is 0.647. The molecule has 0 bridgehead atoms. The van der Waals surface area contributed by atoms with E-state index in [1.165, 1.54) is 31.2 Å². The van der Waals surface area contributed by atoms with Crippen LogP contribution in [0.4, 0.5) is 0 Å². The van der Waals surface area contributed by atoms with Crippen LogP contribution in [0.25, 0.3) is 0 Å². The SMILES string of the molecule is CCCCN(CCCC)CC(Cl)c1ccc(OC)cc1. The second-order valence-electron chi connectivity index (χ2n) is 5.25. The van der Waals surface area contributed by atoms with E-state index in [4.69, 9.17) is 16.3 Å². The summed E-state index contributed by atoms with van der Waals surface area (Å²) in [5.41, 5.74) is 1.17. The van der Waals surface area contributed by atoms with Gasteiger partial charge in [-0.3, -0.25) is 0 Å². The standard InChI is InChI=1S/C17H28ClNO/c1-4-6-12-19(13-7-5-2)14-17(18)15-8-10-16(20-3)11-9-15/h8-11,17H,4-7,12-14H2,1-3H3. The summed E-state index contributed by atoms with van der Waals surface area (Å²) in [4.78, 5) is 2.49. The molecule has 0 aliphatic rings. The summed E-state index contributed by atoms with van der Waals surface area (Å²) in [5, 5.41) is 0.0506. The van der Waals surface area contributed by atoms with Crippen molar-refractivity contribution < 1.29 is 4.74 Å². The van der Waals surface area contributed by atoms with E-state index in [1.54, 1.807) is 7.11 Å². The first-order valence-electron chi connectivity index (χ1n) is 7.71. The number of unbranched alkanes of at least 4 members (excludes halogenated alkanes) is 2. The number of hydrogen-bond acceptors (Lipinski definition) is 2. The molecule has 2 nitrogen and oxygen atoms in total. The molecule has 20 heavy (non-hydrogen) atoms. The number of nitrogens with zero attached hydrogens (tertiary/aromatic N) is 1. The maximum atomic E-state index is 6.57. The Morgan fingerprint density at radius 1 is 1.05 bits per heavy atom. The van der Waals surface area contributed by atoms with Crippen molar-refractivity contribution in [2.24, 2.45) is 0 Å². The molecule has 114 valence electrons. The zero-order chi connectivity index (χ0) is 14.8. The summed E-state index contributed by atoms with van der Waals surface area (Å²) in [6.07, 6.45) is 4.96. The first-order chi connectivity index (χ1) is 9.71. The minimum Gasteiger partial charge on any atom is -0.497 e. The Morgan fingerprint density at radius 2 is 1.60 bits per heavy atom. The molecule has 3 heteroatoms. The lowest BCUT2D eigenvalue weighted by Gasteiger charge is -2.24. The zero-order valence-corrected chi connectivity index (χ0v) is 13.8. The Morgan fingerprint density at radius 3 is 2.05 bits per heavy atom. The topological polar surface area (TPSA) is 12.5 Å². The van der Waals surface area contributed by atoms with Gasteiger partial charge in [0.25, 0.3) is 0 Å². The van der Waals surface area contributed by atoms with Gasteiger partial charge in [0.2, 0.25) is 0 Å². The van der Waals surface area contributed by atoms with E-state index in [2.05, 4.69) is 30.9 Å². The molecule has 1 atom stereocenters. The number of hydrogen-bond donors (Lipinski definition) is 0. The molecule has 1 aromatic carbocycles. The normalized spacial score (nSPS) is 12.7. The van der Waals surface area contributed by atoms with E-state index in [9.17, 15) is 0 Å². The number of benzene rings is 1. The fourth-order valence-electron chi connectivity index (χ4n) is 2.20. The fourth-order valence-corrected chi connectivity index (χ4v) is 2.54. The highest BCUT2D eigenvalue weighted by atomic mass is 35.5. The van der Waals surface area contributed by atoms with E-state index in [0.29, 0.717) is 0 Å². The minimum atomic E-state index is 0.0506. The molecule has 0 saturated heterocycles. The van der Waals surface area contributed by atoms with Crippen molar-refractivity contribution in [2.75, 3.05) is 26.7 Å².